The van der Waals surface area contributed by atoms with Gasteiger partial charge in [-0.25, -0.2) is 0 Å². The van der Waals surface area contributed by atoms with Crippen LogP contribution < -0.4 is 0 Å². The van der Waals surface area contributed by atoms with Gasteiger partial charge in [0.15, 0.2) is 0 Å². The normalized spacial score (nSPS) is 14.8. The fraction of sp³-hybridized carbons (Fsp3) is 1.00. The molecule has 0 bridgehead atoms. The van der Waals surface area contributed by atoms with E-state index in [9.17, 15) is 0 Å². The summed E-state index contributed by atoms with van der Waals surface area (Å²) in [7, 11) is 0. The first kappa shape index (κ1) is 37.0. The molecule has 1 atom stereocenters. The van der Waals surface area contributed by atoms with Crippen molar-refractivity contribution >= 4 is 0 Å². The molecule has 0 aromatic carbocycles. The molecule has 14 heavy (non-hydrogen) atoms. The molecular weight excluding hydrogens is 176 g/mol. The van der Waals surface area contributed by atoms with Gasteiger partial charge in [0.05, 0.1) is 12.7 Å². The number of epoxide rings is 1. The van der Waals surface area contributed by atoms with E-state index in [4.69, 9.17) is 9.47 Å². The van der Waals surface area contributed by atoms with Crippen molar-refractivity contribution in [2.45, 2.75) is 64.0 Å². The van der Waals surface area contributed by atoms with Gasteiger partial charge in [-0.3, -0.25) is 0 Å². The molecule has 1 aliphatic heterocycles. The summed E-state index contributed by atoms with van der Waals surface area (Å²) < 4.78 is 10.1. The summed E-state index contributed by atoms with van der Waals surface area (Å²) in [5.41, 5.74) is 0. The fourth-order valence-electron chi connectivity index (χ4n) is 0.594. The van der Waals surface area contributed by atoms with Gasteiger partial charge in [-0.05, 0) is 13.3 Å². The van der Waals surface area contributed by atoms with E-state index < -0.39 is 0 Å². The Kier molecular flexibility index (Phi) is 61.0. The minimum Gasteiger partial charge on any atom is -0.382 e. The molecule has 1 aliphatic rings. The molecule has 0 aromatic rings. The van der Waals surface area contributed by atoms with Crippen molar-refractivity contribution in [3.05, 3.63) is 0 Å². The number of ether oxygens (including phenoxy) is 2. The van der Waals surface area contributed by atoms with Crippen molar-refractivity contribution in [1.29, 1.82) is 0 Å². The highest BCUT2D eigenvalue weighted by molar-refractivity contribution is 4.67. The first-order valence-electron chi connectivity index (χ1n) is 3.13. The van der Waals surface area contributed by atoms with Crippen molar-refractivity contribution in [1.82, 2.24) is 0 Å². The first-order valence-corrected chi connectivity index (χ1v) is 3.13. The van der Waals surface area contributed by atoms with Crippen LogP contribution in [0.1, 0.15) is 57.9 Å². The summed E-state index contributed by atoms with van der Waals surface area (Å²) in [6.07, 6.45) is 1.61. The largest absolute Gasteiger partial charge is 0.382 e. The lowest BCUT2D eigenvalue weighted by molar-refractivity contribution is 0.138. The van der Waals surface area contributed by atoms with Crippen LogP contribution in [-0.4, -0.2) is 25.9 Å². The molecule has 0 aliphatic carbocycles. The van der Waals surface area contributed by atoms with E-state index in [-0.39, 0.29) is 44.6 Å². The zero-order valence-corrected chi connectivity index (χ0v) is 5.22. The molecule has 0 aromatic heterocycles. The van der Waals surface area contributed by atoms with E-state index in [1.54, 1.807) is 0 Å². The molecule has 0 N–H and O–H groups in total. The summed E-state index contributed by atoms with van der Waals surface area (Å²) in [4.78, 5) is 0. The quantitative estimate of drug-likeness (QED) is 0.500. The Labute approximate surface area is 94.0 Å². The molecule has 0 saturated carbocycles. The highest BCUT2D eigenvalue weighted by Gasteiger charge is 2.21. The number of hydrogen-bond acceptors (Lipinski definition) is 2. The summed E-state index contributed by atoms with van der Waals surface area (Å²) in [6, 6.07) is 0. The van der Waals surface area contributed by atoms with E-state index in [2.05, 4.69) is 0 Å². The third kappa shape index (κ3) is 22.7. The average Bonchev–Trinajstić information content (AvgIpc) is 2.51. The van der Waals surface area contributed by atoms with Gasteiger partial charge in [0.1, 0.15) is 0 Å². The van der Waals surface area contributed by atoms with E-state index in [1.165, 1.54) is 0 Å². The molecule has 2 nitrogen and oxygen atoms in total. The van der Waals surface area contributed by atoms with E-state index in [0.29, 0.717) is 6.10 Å². The highest BCUT2D eigenvalue weighted by atomic mass is 16.6. The van der Waals surface area contributed by atoms with Gasteiger partial charge in [-0.1, -0.05) is 44.6 Å². The zero-order valence-electron chi connectivity index (χ0n) is 5.22. The van der Waals surface area contributed by atoms with E-state index in [1.807, 2.05) is 6.92 Å². The molecule has 96 valence electrons. The van der Waals surface area contributed by atoms with Crippen LogP contribution in [0, 0.1) is 0 Å². The van der Waals surface area contributed by atoms with Gasteiger partial charge in [0, 0.05) is 13.2 Å². The van der Waals surface area contributed by atoms with E-state index >= 15 is 0 Å². The lowest BCUT2D eigenvalue weighted by Gasteiger charge is -1.94. The van der Waals surface area contributed by atoms with Gasteiger partial charge >= 0.3 is 0 Å². The molecule has 1 rings (SSSR count). The summed E-state index contributed by atoms with van der Waals surface area (Å²) >= 11 is 0. The maximum Gasteiger partial charge on any atom is 0.0831 e. The summed E-state index contributed by atoms with van der Waals surface area (Å²) in [5, 5.41) is 0. The molecule has 0 amide bonds. The van der Waals surface area contributed by atoms with Crippen LogP contribution in [0.3, 0.4) is 0 Å². The smallest absolute Gasteiger partial charge is 0.0831 e. The number of hydrogen-bond donors (Lipinski definition) is 0. The molecule has 1 saturated heterocycles. The highest BCUT2D eigenvalue weighted by Crippen LogP contribution is 2.12. The Balaban J connectivity index is -0.0000000267. The molecule has 1 unspecified atom stereocenters. The average molecular weight is 212 g/mol. The Morgan fingerprint density at radius 1 is 1.07 bits per heavy atom. The van der Waals surface area contributed by atoms with Gasteiger partial charge in [-0.15, -0.1) is 0 Å². The monoisotopic (exact) mass is 212 g/mol. The van der Waals surface area contributed by atoms with Crippen LogP contribution in [0.4, 0.5) is 0 Å². The topological polar surface area (TPSA) is 21.8 Å². The Morgan fingerprint density at radius 3 is 1.79 bits per heavy atom. The Morgan fingerprint density at radius 2 is 1.50 bits per heavy atom. The van der Waals surface area contributed by atoms with Gasteiger partial charge < -0.3 is 9.47 Å². The standard InChI is InChI=1S/C6H12O2.6CH4/c1-2-7-4-3-6-5-8-6;;;;;;/h6H,2-5H2,1H3;6*1H4. The van der Waals surface area contributed by atoms with Crippen LogP contribution >= 0.6 is 0 Å². The van der Waals surface area contributed by atoms with E-state index in [0.717, 1.165) is 26.2 Å². The Bertz CT molecular complexity index is 61.3. The second-order valence-corrected chi connectivity index (χ2v) is 1.94. The third-order valence-corrected chi connectivity index (χ3v) is 1.19. The lowest BCUT2D eigenvalue weighted by Crippen LogP contribution is -1.96. The summed E-state index contributed by atoms with van der Waals surface area (Å²) in [6.45, 7) is 4.65. The van der Waals surface area contributed by atoms with Crippen LogP contribution in [0.2, 0.25) is 0 Å². The minimum absolute atomic E-state index is 0. The van der Waals surface area contributed by atoms with Crippen molar-refractivity contribution < 1.29 is 9.47 Å². The van der Waals surface area contributed by atoms with Gasteiger partial charge in [0.2, 0.25) is 0 Å². The van der Waals surface area contributed by atoms with Crippen molar-refractivity contribution in [2.75, 3.05) is 19.8 Å². The van der Waals surface area contributed by atoms with Crippen LogP contribution in [-0.2, 0) is 9.47 Å². The third-order valence-electron chi connectivity index (χ3n) is 1.19. The molecule has 1 fully saturated rings. The molecule has 0 spiro atoms. The van der Waals surface area contributed by atoms with Crippen molar-refractivity contribution in [3.63, 3.8) is 0 Å². The van der Waals surface area contributed by atoms with Gasteiger partial charge in [0.25, 0.3) is 0 Å². The predicted octanol–water partition coefficient (Wildman–Crippen LogP) is 4.63. The minimum atomic E-state index is 0. The van der Waals surface area contributed by atoms with Crippen LogP contribution in [0.15, 0.2) is 0 Å². The SMILES string of the molecule is C.C.C.C.C.C.CCOCCC1CO1. The second kappa shape index (κ2) is 23.1. The van der Waals surface area contributed by atoms with Crippen LogP contribution in [0.25, 0.3) is 0 Å². The molecule has 0 radical (unpaired) electrons. The molecular formula is C12H36O2. The van der Waals surface area contributed by atoms with Crippen molar-refractivity contribution in [3.8, 4) is 0 Å². The fourth-order valence-corrected chi connectivity index (χ4v) is 0.594. The van der Waals surface area contributed by atoms with Crippen molar-refractivity contribution in [2.24, 2.45) is 0 Å². The second-order valence-electron chi connectivity index (χ2n) is 1.94. The Hall–Kier alpha value is -0.0800. The van der Waals surface area contributed by atoms with Crippen LogP contribution in [0.5, 0.6) is 0 Å². The zero-order chi connectivity index (χ0) is 5.82. The molecule has 1 heterocycles. The number of rotatable bonds is 4. The maximum atomic E-state index is 5.10. The maximum absolute atomic E-state index is 5.10. The predicted molar refractivity (Wildman–Crippen MR) is 71.2 cm³/mol. The summed E-state index contributed by atoms with van der Waals surface area (Å²) in [5.74, 6) is 0. The van der Waals surface area contributed by atoms with Gasteiger partial charge in [-0.2, -0.15) is 0 Å². The lowest BCUT2D eigenvalue weighted by atomic mass is 10.3. The first-order chi connectivity index (χ1) is 3.93. The molecule has 2 heteroatoms.